The molecular weight excluding hydrogens is 349 g/mol. The first-order valence-corrected chi connectivity index (χ1v) is 8.18. The summed E-state index contributed by atoms with van der Waals surface area (Å²) >= 11 is 0. The molecule has 140 valence electrons. The second-order valence-corrected chi connectivity index (χ2v) is 6.13. The monoisotopic (exact) mass is 369 g/mol. The van der Waals surface area contributed by atoms with E-state index in [2.05, 4.69) is 16.6 Å². The maximum absolute atomic E-state index is 13.7. The van der Waals surface area contributed by atoms with Crippen molar-refractivity contribution in [2.75, 3.05) is 11.9 Å². The molecule has 2 aromatic rings. The molecule has 0 aliphatic carbocycles. The number of rotatable bonds is 5. The normalized spacial score (nSPS) is 10.2. The maximum atomic E-state index is 13.7. The smallest absolute Gasteiger partial charge is 0.293 e. The van der Waals surface area contributed by atoms with E-state index in [-0.39, 0.29) is 17.8 Å². The van der Waals surface area contributed by atoms with Gasteiger partial charge >= 0.3 is 0 Å². The predicted molar refractivity (Wildman–Crippen MR) is 100 cm³/mol. The van der Waals surface area contributed by atoms with Crippen molar-refractivity contribution in [2.45, 2.75) is 20.8 Å². The Labute approximate surface area is 156 Å². The van der Waals surface area contributed by atoms with Gasteiger partial charge in [0.2, 0.25) is 0 Å². The number of aromatic nitrogens is 1. The topological polar surface area (TPSA) is 80.2 Å². The van der Waals surface area contributed by atoms with Crippen molar-refractivity contribution in [1.82, 2.24) is 9.88 Å². The molecule has 0 fully saturated rings. The fourth-order valence-electron chi connectivity index (χ4n) is 2.82. The molecule has 0 atom stereocenters. The Kier molecular flexibility index (Phi) is 5.81. The summed E-state index contributed by atoms with van der Waals surface area (Å²) in [7, 11) is 1.61. The van der Waals surface area contributed by atoms with Crippen LogP contribution in [0.1, 0.15) is 37.7 Å². The molecule has 0 saturated heterocycles. The molecule has 6 nitrogen and oxygen atoms in total. The van der Waals surface area contributed by atoms with Crippen LogP contribution >= 0.6 is 0 Å². The highest BCUT2D eigenvalue weighted by atomic mass is 19.1. The van der Waals surface area contributed by atoms with Crippen molar-refractivity contribution in [3.8, 4) is 12.3 Å². The molecule has 7 heteroatoms. The number of anilines is 1. The van der Waals surface area contributed by atoms with Gasteiger partial charge in [-0.3, -0.25) is 14.4 Å². The van der Waals surface area contributed by atoms with Gasteiger partial charge in [-0.1, -0.05) is 12.0 Å². The van der Waals surface area contributed by atoms with E-state index >= 15 is 0 Å². The van der Waals surface area contributed by atoms with Crippen LogP contribution in [0, 0.1) is 38.9 Å². The Morgan fingerprint density at radius 1 is 1.22 bits per heavy atom. The van der Waals surface area contributed by atoms with E-state index < -0.39 is 23.4 Å². The highest BCUT2D eigenvalue weighted by molar-refractivity contribution is 6.43. The van der Waals surface area contributed by atoms with E-state index in [1.165, 1.54) is 10.6 Å². The Bertz CT molecular complexity index is 983. The van der Waals surface area contributed by atoms with Crippen LogP contribution in [0.15, 0.2) is 18.2 Å². The molecular formula is C20H20FN3O3. The van der Waals surface area contributed by atoms with Crippen LogP contribution in [0.2, 0.25) is 0 Å². The third kappa shape index (κ3) is 3.90. The van der Waals surface area contributed by atoms with Crippen LogP contribution in [0.4, 0.5) is 10.1 Å². The first-order valence-electron chi connectivity index (χ1n) is 8.18. The van der Waals surface area contributed by atoms with Gasteiger partial charge in [0, 0.05) is 18.4 Å². The molecule has 2 amide bonds. The van der Waals surface area contributed by atoms with Gasteiger partial charge in [-0.15, -0.1) is 6.42 Å². The number of nitrogens with one attached hydrogen (secondary N) is 2. The predicted octanol–water partition coefficient (Wildman–Crippen LogP) is 2.27. The molecule has 2 N–H and O–H groups in total. The number of terminal acetylenes is 1. The summed E-state index contributed by atoms with van der Waals surface area (Å²) < 4.78 is 15.2. The summed E-state index contributed by atoms with van der Waals surface area (Å²) in [6.45, 7) is 4.77. The van der Waals surface area contributed by atoms with Crippen molar-refractivity contribution in [3.63, 3.8) is 0 Å². The molecule has 27 heavy (non-hydrogen) atoms. The van der Waals surface area contributed by atoms with Crippen molar-refractivity contribution >= 4 is 23.3 Å². The highest BCUT2D eigenvalue weighted by Crippen LogP contribution is 2.23. The van der Waals surface area contributed by atoms with Gasteiger partial charge in [-0.25, -0.2) is 4.39 Å². The third-order valence-corrected chi connectivity index (χ3v) is 4.36. The van der Waals surface area contributed by atoms with Crippen LogP contribution in [0.25, 0.3) is 0 Å². The van der Waals surface area contributed by atoms with Gasteiger partial charge in [0.25, 0.3) is 17.6 Å². The van der Waals surface area contributed by atoms with E-state index in [0.29, 0.717) is 22.5 Å². The van der Waals surface area contributed by atoms with Crippen molar-refractivity contribution in [3.05, 3.63) is 52.1 Å². The van der Waals surface area contributed by atoms with Gasteiger partial charge in [0.1, 0.15) is 11.5 Å². The van der Waals surface area contributed by atoms with Gasteiger partial charge in [-0.05, 0) is 44.0 Å². The van der Waals surface area contributed by atoms with Crippen LogP contribution in [-0.2, 0) is 11.8 Å². The molecule has 0 bridgehead atoms. The number of carbonyl (C=O) groups excluding carboxylic acids is 3. The summed E-state index contributed by atoms with van der Waals surface area (Å²) in [6, 6.07) is 4.36. The van der Waals surface area contributed by atoms with E-state index in [1.54, 1.807) is 40.0 Å². The van der Waals surface area contributed by atoms with Gasteiger partial charge in [0.05, 0.1) is 12.1 Å². The molecule has 0 unspecified atom stereocenters. The first kappa shape index (κ1) is 19.9. The molecule has 0 aliphatic rings. The molecule has 0 radical (unpaired) electrons. The number of Topliss-reactive ketones (excluding diaryl/α,β-unsaturated/α-hetero) is 1. The van der Waals surface area contributed by atoms with E-state index in [1.807, 2.05) is 0 Å². The number of aryl methyl sites for hydroxylation is 1. The van der Waals surface area contributed by atoms with Gasteiger partial charge in [0.15, 0.2) is 0 Å². The minimum Gasteiger partial charge on any atom is -0.343 e. The standard InChI is InChI=1S/C20H20FN3O3/c1-6-9-22-20(27)18(25)16-12(3)17(24(5)13(16)4)19(26)23-14-8-7-11(2)15(21)10-14/h1,7-8,10H,9H2,2-5H3,(H,22,27)(H,23,26). The summed E-state index contributed by atoms with van der Waals surface area (Å²) in [5.41, 5.74) is 1.94. The largest absolute Gasteiger partial charge is 0.343 e. The zero-order valence-electron chi connectivity index (χ0n) is 15.6. The maximum Gasteiger partial charge on any atom is 0.293 e. The summed E-state index contributed by atoms with van der Waals surface area (Å²) in [5, 5.41) is 4.93. The van der Waals surface area contributed by atoms with E-state index in [4.69, 9.17) is 6.42 Å². The number of amides is 2. The fraction of sp³-hybridized carbons (Fsp3) is 0.250. The minimum absolute atomic E-state index is 0.0676. The third-order valence-electron chi connectivity index (χ3n) is 4.36. The van der Waals surface area contributed by atoms with Gasteiger partial charge < -0.3 is 15.2 Å². The van der Waals surface area contributed by atoms with Crippen molar-refractivity contribution in [2.24, 2.45) is 7.05 Å². The molecule has 0 aliphatic heterocycles. The van der Waals surface area contributed by atoms with Crippen LogP contribution < -0.4 is 10.6 Å². The van der Waals surface area contributed by atoms with Crippen LogP contribution in [0.3, 0.4) is 0 Å². The Morgan fingerprint density at radius 2 is 1.89 bits per heavy atom. The minimum atomic E-state index is -0.836. The lowest BCUT2D eigenvalue weighted by Gasteiger charge is -2.09. The Balaban J connectivity index is 2.36. The lowest BCUT2D eigenvalue weighted by Crippen LogP contribution is -2.31. The number of halogens is 1. The first-order chi connectivity index (χ1) is 12.7. The number of hydrogen-bond acceptors (Lipinski definition) is 3. The molecule has 1 aromatic heterocycles. The molecule has 1 aromatic carbocycles. The van der Waals surface area contributed by atoms with Gasteiger partial charge in [-0.2, -0.15) is 0 Å². The number of benzene rings is 1. The van der Waals surface area contributed by atoms with Crippen LogP contribution in [0.5, 0.6) is 0 Å². The van der Waals surface area contributed by atoms with Crippen LogP contribution in [-0.4, -0.2) is 28.7 Å². The van der Waals surface area contributed by atoms with Crippen molar-refractivity contribution in [1.29, 1.82) is 0 Å². The van der Waals surface area contributed by atoms with Crippen molar-refractivity contribution < 1.29 is 18.8 Å². The SMILES string of the molecule is C#CCNC(=O)C(=O)c1c(C)c(C(=O)Nc2ccc(C)c(F)c2)n(C)c1C. The number of hydrogen-bond donors (Lipinski definition) is 2. The highest BCUT2D eigenvalue weighted by Gasteiger charge is 2.28. The fourth-order valence-corrected chi connectivity index (χ4v) is 2.82. The Morgan fingerprint density at radius 3 is 2.48 bits per heavy atom. The lowest BCUT2D eigenvalue weighted by atomic mass is 10.0. The molecule has 0 saturated carbocycles. The molecule has 1 heterocycles. The van der Waals surface area contributed by atoms with E-state index in [9.17, 15) is 18.8 Å². The number of carbonyl (C=O) groups is 3. The summed E-state index contributed by atoms with van der Waals surface area (Å²) in [5.74, 6) is -0.329. The molecule has 2 rings (SSSR count). The quantitative estimate of drug-likeness (QED) is 0.482. The summed E-state index contributed by atoms with van der Waals surface area (Å²) in [4.78, 5) is 37.1. The number of nitrogens with zero attached hydrogens (tertiary/aromatic N) is 1. The zero-order valence-corrected chi connectivity index (χ0v) is 15.6. The summed E-state index contributed by atoms with van der Waals surface area (Å²) in [6.07, 6.45) is 5.08. The van der Waals surface area contributed by atoms with E-state index in [0.717, 1.165) is 0 Å². The number of ketones is 1. The average molecular weight is 369 g/mol. The second kappa shape index (κ2) is 7.87. The zero-order chi connectivity index (χ0) is 20.3. The lowest BCUT2D eigenvalue weighted by molar-refractivity contribution is -0.116. The second-order valence-electron chi connectivity index (χ2n) is 6.13. The molecule has 0 spiro atoms. The average Bonchev–Trinajstić information content (AvgIpc) is 2.84. The Hall–Kier alpha value is -3.40.